The minimum absolute atomic E-state index is 0.0199. The highest BCUT2D eigenvalue weighted by atomic mass is 16.4. The van der Waals surface area contributed by atoms with Crippen molar-refractivity contribution in [3.8, 4) is 5.75 Å². The van der Waals surface area contributed by atoms with Crippen LogP contribution in [0.2, 0.25) is 0 Å². The van der Waals surface area contributed by atoms with Crippen LogP contribution in [0.5, 0.6) is 5.75 Å². The molecule has 1 aromatic carbocycles. The average molecular weight is 635 g/mol. The van der Waals surface area contributed by atoms with E-state index in [1.54, 1.807) is 32.9 Å². The molecule has 0 heterocycles. The van der Waals surface area contributed by atoms with E-state index in [2.05, 4.69) is 21.3 Å². The Morgan fingerprint density at radius 1 is 0.778 bits per heavy atom. The van der Waals surface area contributed by atoms with Gasteiger partial charge >= 0.3 is 5.97 Å². The summed E-state index contributed by atoms with van der Waals surface area (Å²) in [7, 11) is 0. The normalized spacial score (nSPS) is 15.2. The molecule has 1 rings (SSSR count). The minimum atomic E-state index is -1.33. The number of benzene rings is 1. The molecule has 0 aliphatic carbocycles. The van der Waals surface area contributed by atoms with E-state index in [-0.39, 0.29) is 36.8 Å². The van der Waals surface area contributed by atoms with Crippen molar-refractivity contribution in [2.45, 2.75) is 104 Å². The summed E-state index contributed by atoms with van der Waals surface area (Å²) in [5.74, 6) is -5.44. The molecule has 0 saturated heterocycles. The van der Waals surface area contributed by atoms with Crippen LogP contribution in [-0.2, 0) is 35.2 Å². The van der Waals surface area contributed by atoms with E-state index in [1.807, 2.05) is 20.8 Å². The maximum absolute atomic E-state index is 13.5. The summed E-state index contributed by atoms with van der Waals surface area (Å²) in [6.07, 6.45) is 0.135. The first-order chi connectivity index (χ1) is 21.0. The molecule has 1 aromatic rings. The van der Waals surface area contributed by atoms with Crippen LogP contribution >= 0.6 is 0 Å². The summed E-state index contributed by atoms with van der Waals surface area (Å²) in [4.78, 5) is 76.2. The van der Waals surface area contributed by atoms with E-state index in [0.717, 1.165) is 0 Å². The highest BCUT2D eigenvalue weighted by Crippen LogP contribution is 2.14. The summed E-state index contributed by atoms with van der Waals surface area (Å²) < 4.78 is 0. The zero-order valence-electron chi connectivity index (χ0n) is 27.0. The molecule has 0 bridgehead atoms. The Hall–Kier alpha value is -4.20. The number of primary amides is 1. The van der Waals surface area contributed by atoms with Crippen molar-refractivity contribution < 1.29 is 39.0 Å². The van der Waals surface area contributed by atoms with Crippen LogP contribution in [-0.4, -0.2) is 75.9 Å². The summed E-state index contributed by atoms with van der Waals surface area (Å²) in [6.45, 7) is 10.6. The molecule has 6 atom stereocenters. The second-order valence-electron chi connectivity index (χ2n) is 12.2. The molecular formula is C31H50N6O8. The second kappa shape index (κ2) is 18.6. The SMILES string of the molecule is CC[C@H](C)[C@H](NC(=O)[C@H](CC(C)C)NC(=O)[C@@H](N)Cc1ccc(O)cc1)C(=O)N[C@@H](CCC(=O)O)C(=O)N[C@H](C(N)=O)C(C)C. The van der Waals surface area contributed by atoms with Gasteiger partial charge in [0.1, 0.15) is 29.9 Å². The van der Waals surface area contributed by atoms with Crippen molar-refractivity contribution in [1.29, 1.82) is 0 Å². The van der Waals surface area contributed by atoms with E-state index in [4.69, 9.17) is 11.5 Å². The predicted octanol–water partition coefficient (Wildman–Crippen LogP) is 0.300. The molecule has 0 radical (unpaired) electrons. The van der Waals surface area contributed by atoms with Gasteiger partial charge in [-0.2, -0.15) is 0 Å². The lowest BCUT2D eigenvalue weighted by atomic mass is 9.95. The Morgan fingerprint density at radius 3 is 1.80 bits per heavy atom. The third kappa shape index (κ3) is 13.5. The lowest BCUT2D eigenvalue weighted by molar-refractivity contribution is -0.139. The number of aromatic hydroxyl groups is 1. The number of phenolic OH excluding ortho intramolecular Hbond substituents is 1. The van der Waals surface area contributed by atoms with Gasteiger partial charge in [-0.1, -0.05) is 60.1 Å². The second-order valence-corrected chi connectivity index (χ2v) is 12.2. The number of hydrogen-bond donors (Lipinski definition) is 8. The molecule has 45 heavy (non-hydrogen) atoms. The highest BCUT2D eigenvalue weighted by molar-refractivity contribution is 5.96. The van der Waals surface area contributed by atoms with Crippen LogP contribution in [0, 0.1) is 17.8 Å². The Labute approximate surface area is 264 Å². The van der Waals surface area contributed by atoms with E-state index >= 15 is 0 Å². The number of carbonyl (C=O) groups is 6. The minimum Gasteiger partial charge on any atom is -0.508 e. The van der Waals surface area contributed by atoms with Gasteiger partial charge in [0.2, 0.25) is 29.5 Å². The van der Waals surface area contributed by atoms with Gasteiger partial charge in [0.15, 0.2) is 0 Å². The van der Waals surface area contributed by atoms with Crippen molar-refractivity contribution in [2.75, 3.05) is 0 Å². The number of phenols is 1. The van der Waals surface area contributed by atoms with Gasteiger partial charge in [0.25, 0.3) is 0 Å². The fourth-order valence-electron chi connectivity index (χ4n) is 4.53. The Kier molecular flexibility index (Phi) is 16.0. The first kappa shape index (κ1) is 38.8. The van der Waals surface area contributed by atoms with Gasteiger partial charge in [-0.25, -0.2) is 0 Å². The van der Waals surface area contributed by atoms with Crippen LogP contribution in [0.3, 0.4) is 0 Å². The molecule has 0 fully saturated rings. The predicted molar refractivity (Wildman–Crippen MR) is 167 cm³/mol. The molecular weight excluding hydrogens is 584 g/mol. The number of rotatable bonds is 19. The Bertz CT molecular complexity index is 1170. The van der Waals surface area contributed by atoms with Crippen molar-refractivity contribution in [3.05, 3.63) is 29.8 Å². The van der Waals surface area contributed by atoms with Crippen LogP contribution in [0.1, 0.15) is 72.8 Å². The quantitative estimate of drug-likeness (QED) is 0.104. The average Bonchev–Trinajstić information content (AvgIpc) is 2.95. The van der Waals surface area contributed by atoms with Crippen molar-refractivity contribution >= 4 is 35.5 Å². The van der Waals surface area contributed by atoms with Crippen LogP contribution in [0.4, 0.5) is 0 Å². The molecule has 0 saturated carbocycles. The monoisotopic (exact) mass is 634 g/mol. The van der Waals surface area contributed by atoms with Crippen LogP contribution in [0.25, 0.3) is 0 Å². The van der Waals surface area contributed by atoms with Gasteiger partial charge in [-0.15, -0.1) is 0 Å². The number of carbonyl (C=O) groups excluding carboxylic acids is 5. The number of nitrogens with one attached hydrogen (secondary N) is 4. The zero-order chi connectivity index (χ0) is 34.4. The molecule has 0 aromatic heterocycles. The topological polar surface area (TPSA) is 243 Å². The summed E-state index contributed by atoms with van der Waals surface area (Å²) in [5.41, 5.74) is 12.2. The Morgan fingerprint density at radius 2 is 1.31 bits per heavy atom. The van der Waals surface area contributed by atoms with Crippen LogP contribution < -0.4 is 32.7 Å². The third-order valence-electron chi connectivity index (χ3n) is 7.41. The molecule has 14 heteroatoms. The number of nitrogens with two attached hydrogens (primary N) is 2. The first-order valence-electron chi connectivity index (χ1n) is 15.2. The smallest absolute Gasteiger partial charge is 0.303 e. The fourth-order valence-corrected chi connectivity index (χ4v) is 4.53. The molecule has 0 spiro atoms. The number of aliphatic carboxylic acids is 1. The van der Waals surface area contributed by atoms with E-state index in [1.165, 1.54) is 12.1 Å². The van der Waals surface area contributed by atoms with Crippen molar-refractivity contribution in [2.24, 2.45) is 29.2 Å². The maximum atomic E-state index is 13.5. The van der Waals surface area contributed by atoms with Gasteiger partial charge in [0.05, 0.1) is 6.04 Å². The van der Waals surface area contributed by atoms with E-state index in [0.29, 0.717) is 12.0 Å². The standard InChI is InChI=1S/C31H50N6O8/c1-7-18(6)26(31(45)34-22(12-13-24(39)40)29(43)36-25(17(4)5)27(33)41)37-30(44)23(14-16(2)3)35-28(42)21(32)15-19-8-10-20(38)11-9-19/h8-11,16-18,21-23,25-26,38H,7,12-15,32H2,1-6H3,(H2,33,41)(H,34,45)(H,35,42)(H,36,43)(H,37,44)(H,39,40)/t18-,21-,22-,23-,25-,26-/m0/s1. The van der Waals surface area contributed by atoms with E-state index < -0.39 is 78.1 Å². The highest BCUT2D eigenvalue weighted by Gasteiger charge is 2.34. The largest absolute Gasteiger partial charge is 0.508 e. The molecule has 14 nitrogen and oxygen atoms in total. The molecule has 0 unspecified atom stereocenters. The number of carboxylic acid groups (broad SMARTS) is 1. The fraction of sp³-hybridized carbons (Fsp3) is 0.613. The molecule has 0 aliphatic rings. The summed E-state index contributed by atoms with van der Waals surface area (Å²) >= 11 is 0. The molecule has 10 N–H and O–H groups in total. The number of carboxylic acids is 1. The summed E-state index contributed by atoms with van der Waals surface area (Å²) in [6, 6.07) is 0.682. The molecule has 5 amide bonds. The van der Waals surface area contributed by atoms with Crippen LogP contribution in [0.15, 0.2) is 24.3 Å². The maximum Gasteiger partial charge on any atom is 0.303 e. The van der Waals surface area contributed by atoms with Crippen molar-refractivity contribution in [1.82, 2.24) is 21.3 Å². The Balaban J connectivity index is 3.15. The van der Waals surface area contributed by atoms with Gasteiger partial charge in [0, 0.05) is 6.42 Å². The number of amides is 5. The molecule has 252 valence electrons. The summed E-state index contributed by atoms with van der Waals surface area (Å²) in [5, 5.41) is 29.1. The van der Waals surface area contributed by atoms with Gasteiger partial charge in [-0.05, 0) is 54.7 Å². The third-order valence-corrected chi connectivity index (χ3v) is 7.41. The van der Waals surface area contributed by atoms with Crippen molar-refractivity contribution in [3.63, 3.8) is 0 Å². The molecule has 0 aliphatic heterocycles. The van der Waals surface area contributed by atoms with E-state index in [9.17, 15) is 39.0 Å². The lowest BCUT2D eigenvalue weighted by Crippen LogP contribution is -2.60. The van der Waals surface area contributed by atoms with Gasteiger partial charge in [-0.3, -0.25) is 28.8 Å². The van der Waals surface area contributed by atoms with Gasteiger partial charge < -0.3 is 42.9 Å². The lowest BCUT2D eigenvalue weighted by Gasteiger charge is -2.29. The zero-order valence-corrected chi connectivity index (χ0v) is 27.0. The number of hydrogen-bond acceptors (Lipinski definition) is 8. The first-order valence-corrected chi connectivity index (χ1v) is 15.2.